The van der Waals surface area contributed by atoms with E-state index < -0.39 is 0 Å². The van der Waals surface area contributed by atoms with Gasteiger partial charge in [0.2, 0.25) is 0 Å². The van der Waals surface area contributed by atoms with Gasteiger partial charge < -0.3 is 19.1 Å². The van der Waals surface area contributed by atoms with Gasteiger partial charge in [0, 0.05) is 24.1 Å². The number of benzene rings is 1. The van der Waals surface area contributed by atoms with Gasteiger partial charge in [-0.15, -0.1) is 0 Å². The van der Waals surface area contributed by atoms with E-state index in [9.17, 15) is 0 Å². The van der Waals surface area contributed by atoms with E-state index in [1.807, 2.05) is 7.11 Å². The number of hydrogen-bond acceptors (Lipinski definition) is 4. The molecule has 0 aromatic heterocycles. The molecule has 7 rings (SSSR count). The molecule has 1 aromatic rings. The van der Waals surface area contributed by atoms with Gasteiger partial charge in [0.1, 0.15) is 11.7 Å². The molecule has 3 saturated carbocycles. The molecule has 2 unspecified atom stereocenters. The number of likely N-dealkylation sites (N-methyl/N-ethyl adjacent to an activating group) is 1. The first-order valence-electron chi connectivity index (χ1n) is 9.74. The third-order valence-corrected chi connectivity index (χ3v) is 8.76. The van der Waals surface area contributed by atoms with Gasteiger partial charge in [-0.3, -0.25) is 0 Å². The second kappa shape index (κ2) is 4.34. The van der Waals surface area contributed by atoms with Crippen molar-refractivity contribution in [3.05, 3.63) is 23.3 Å². The molecule has 134 valence electrons. The SMILES string of the molecule is COc1ccc2c3c1OC1C4(OC)CCC5(CC4)[C@@H](C2)N(C)CCC315. The smallest absolute Gasteiger partial charge is 0.165 e. The summed E-state index contributed by atoms with van der Waals surface area (Å²) in [5, 5.41) is 0. The molecule has 4 bridgehead atoms. The molecule has 4 fully saturated rings. The molecule has 2 spiro atoms. The average molecular weight is 341 g/mol. The largest absolute Gasteiger partial charge is 0.493 e. The molecule has 4 nitrogen and oxygen atoms in total. The second-order valence-corrected chi connectivity index (χ2v) is 8.98. The summed E-state index contributed by atoms with van der Waals surface area (Å²) >= 11 is 0. The first-order valence-corrected chi connectivity index (χ1v) is 9.74. The van der Waals surface area contributed by atoms with Crippen LogP contribution in [0.4, 0.5) is 0 Å². The highest BCUT2D eigenvalue weighted by Gasteiger charge is 2.78. The topological polar surface area (TPSA) is 30.9 Å². The zero-order valence-electron chi connectivity index (χ0n) is 15.4. The molecule has 4 aliphatic carbocycles. The van der Waals surface area contributed by atoms with Crippen LogP contribution in [0.2, 0.25) is 0 Å². The highest BCUT2D eigenvalue weighted by Crippen LogP contribution is 2.75. The Morgan fingerprint density at radius 3 is 2.64 bits per heavy atom. The molecule has 0 N–H and O–H groups in total. The van der Waals surface area contributed by atoms with Crippen LogP contribution < -0.4 is 9.47 Å². The quantitative estimate of drug-likeness (QED) is 0.828. The van der Waals surface area contributed by atoms with Crippen LogP contribution in [-0.4, -0.2) is 50.5 Å². The predicted molar refractivity (Wildman–Crippen MR) is 94.5 cm³/mol. The first kappa shape index (κ1) is 14.9. The lowest BCUT2D eigenvalue weighted by atomic mass is 9.37. The number of piperidine rings is 1. The molecule has 25 heavy (non-hydrogen) atoms. The Kier molecular flexibility index (Phi) is 2.58. The van der Waals surface area contributed by atoms with Crippen molar-refractivity contribution in [2.75, 3.05) is 27.8 Å². The number of fused-ring (bicyclic) bond motifs is 2. The summed E-state index contributed by atoms with van der Waals surface area (Å²) in [6.45, 7) is 1.15. The molecule has 2 heterocycles. The Bertz CT molecular complexity index is 767. The molecule has 1 saturated heterocycles. The van der Waals surface area contributed by atoms with Crippen molar-refractivity contribution in [3.63, 3.8) is 0 Å². The van der Waals surface area contributed by atoms with Crippen LogP contribution in [0.5, 0.6) is 11.5 Å². The number of likely N-dealkylation sites (tertiary alicyclic amines) is 1. The molecule has 1 aromatic carbocycles. The van der Waals surface area contributed by atoms with Crippen LogP contribution in [0.1, 0.15) is 43.2 Å². The molecule has 0 amide bonds. The standard InChI is InChI=1S/C21H27NO3/c1-22-11-10-21-16-13-4-5-14(23-2)17(16)25-18(21)20(24-3)8-6-19(21,7-9-20)15(22)12-13/h4-5,15,18H,6-12H2,1-3H3/t15-,18?,19?,20?,21?/m1/s1. The van der Waals surface area contributed by atoms with Crippen molar-refractivity contribution in [2.24, 2.45) is 5.41 Å². The van der Waals surface area contributed by atoms with Gasteiger partial charge in [-0.05, 0) is 69.2 Å². The first-order chi connectivity index (χ1) is 12.1. The highest BCUT2D eigenvalue weighted by atomic mass is 16.6. The van der Waals surface area contributed by atoms with Crippen molar-refractivity contribution < 1.29 is 14.2 Å². The summed E-state index contributed by atoms with van der Waals surface area (Å²) in [6, 6.07) is 5.04. The van der Waals surface area contributed by atoms with Gasteiger partial charge in [0.05, 0.1) is 7.11 Å². The normalized spacial score (nSPS) is 45.9. The average Bonchev–Trinajstić information content (AvgIpc) is 3.02. The monoisotopic (exact) mass is 341 g/mol. The van der Waals surface area contributed by atoms with E-state index in [2.05, 4.69) is 24.1 Å². The number of ether oxygens (including phenoxy) is 3. The molecule has 4 heteroatoms. The Hall–Kier alpha value is -1.26. The molecule has 2 aliphatic heterocycles. The van der Waals surface area contributed by atoms with Crippen molar-refractivity contribution in [1.82, 2.24) is 4.90 Å². The van der Waals surface area contributed by atoms with Gasteiger partial charge in [0.25, 0.3) is 0 Å². The van der Waals surface area contributed by atoms with Gasteiger partial charge >= 0.3 is 0 Å². The third-order valence-electron chi connectivity index (χ3n) is 8.76. The summed E-state index contributed by atoms with van der Waals surface area (Å²) in [5.74, 6) is 1.93. The summed E-state index contributed by atoms with van der Waals surface area (Å²) in [6.07, 6.45) is 7.29. The fourth-order valence-electron chi connectivity index (χ4n) is 7.72. The number of methoxy groups -OCH3 is 2. The predicted octanol–water partition coefficient (Wildman–Crippen LogP) is 2.91. The van der Waals surface area contributed by atoms with Crippen molar-refractivity contribution in [3.8, 4) is 11.5 Å². The van der Waals surface area contributed by atoms with Gasteiger partial charge in [-0.2, -0.15) is 0 Å². The highest BCUT2D eigenvalue weighted by molar-refractivity contribution is 5.63. The summed E-state index contributed by atoms with van der Waals surface area (Å²) in [7, 11) is 5.99. The maximum Gasteiger partial charge on any atom is 0.165 e. The van der Waals surface area contributed by atoms with Gasteiger partial charge in [-0.25, -0.2) is 0 Å². The number of rotatable bonds is 2. The summed E-state index contributed by atoms with van der Waals surface area (Å²) in [4.78, 5) is 2.64. The maximum absolute atomic E-state index is 6.79. The van der Waals surface area contributed by atoms with Gasteiger partial charge in [-0.1, -0.05) is 6.07 Å². The summed E-state index contributed by atoms with van der Waals surface area (Å²) in [5.41, 5.74) is 3.31. The lowest BCUT2D eigenvalue weighted by Crippen LogP contribution is -2.78. The molecular weight excluding hydrogens is 314 g/mol. The zero-order valence-corrected chi connectivity index (χ0v) is 15.4. The zero-order chi connectivity index (χ0) is 17.0. The minimum atomic E-state index is -0.124. The fourth-order valence-corrected chi connectivity index (χ4v) is 7.72. The molecule has 0 radical (unpaired) electrons. The van der Waals surface area contributed by atoms with Crippen LogP contribution in [0.25, 0.3) is 0 Å². The van der Waals surface area contributed by atoms with Crippen molar-refractivity contribution >= 4 is 0 Å². The van der Waals surface area contributed by atoms with E-state index in [4.69, 9.17) is 14.2 Å². The van der Waals surface area contributed by atoms with E-state index in [1.165, 1.54) is 30.4 Å². The van der Waals surface area contributed by atoms with E-state index in [-0.39, 0.29) is 17.1 Å². The number of nitrogens with zero attached hydrogens (tertiary/aromatic N) is 1. The lowest BCUT2D eigenvalue weighted by molar-refractivity contribution is -0.249. The van der Waals surface area contributed by atoms with Crippen LogP contribution in [-0.2, 0) is 16.6 Å². The number of hydrogen-bond donors (Lipinski definition) is 0. The minimum absolute atomic E-state index is 0.119. The Labute approximate surface area is 149 Å². The van der Waals surface area contributed by atoms with Crippen LogP contribution in [0, 0.1) is 5.41 Å². The van der Waals surface area contributed by atoms with Crippen molar-refractivity contribution in [2.45, 2.75) is 61.7 Å². The Balaban J connectivity index is 1.70. The van der Waals surface area contributed by atoms with Crippen LogP contribution in [0.3, 0.4) is 0 Å². The lowest BCUT2D eigenvalue weighted by Gasteiger charge is -2.71. The fraction of sp³-hybridized carbons (Fsp3) is 0.714. The van der Waals surface area contributed by atoms with Crippen LogP contribution in [0.15, 0.2) is 12.1 Å². The van der Waals surface area contributed by atoms with E-state index in [0.717, 1.165) is 37.3 Å². The van der Waals surface area contributed by atoms with Gasteiger partial charge in [0.15, 0.2) is 11.5 Å². The minimum Gasteiger partial charge on any atom is -0.493 e. The molecule has 3 atom stereocenters. The summed E-state index contributed by atoms with van der Waals surface area (Å²) < 4.78 is 18.7. The molecular formula is C21H27NO3. The van der Waals surface area contributed by atoms with E-state index in [0.29, 0.717) is 11.5 Å². The molecule has 6 aliphatic rings. The van der Waals surface area contributed by atoms with Crippen LogP contribution >= 0.6 is 0 Å². The maximum atomic E-state index is 6.79. The van der Waals surface area contributed by atoms with E-state index in [1.54, 1.807) is 7.11 Å². The Morgan fingerprint density at radius 1 is 1.12 bits per heavy atom. The Morgan fingerprint density at radius 2 is 1.92 bits per heavy atom. The van der Waals surface area contributed by atoms with E-state index >= 15 is 0 Å². The second-order valence-electron chi connectivity index (χ2n) is 8.98. The third kappa shape index (κ3) is 1.33. The van der Waals surface area contributed by atoms with Crippen molar-refractivity contribution in [1.29, 1.82) is 0 Å².